The second kappa shape index (κ2) is 6.57. The van der Waals surface area contributed by atoms with E-state index in [1.807, 2.05) is 6.07 Å². The maximum Gasteiger partial charge on any atom is 0.125 e. The lowest BCUT2D eigenvalue weighted by Gasteiger charge is -2.27. The molecular weight excluding hydrogens is 219 g/mol. The van der Waals surface area contributed by atoms with Gasteiger partial charge in [0.15, 0.2) is 0 Å². The minimum atomic E-state index is -0.282. The molecule has 1 aromatic rings. The van der Waals surface area contributed by atoms with Crippen LogP contribution in [0.2, 0.25) is 0 Å². The fraction of sp³-hybridized carbons (Fsp3) is 0.538. The third kappa shape index (κ3) is 4.32. The summed E-state index contributed by atoms with van der Waals surface area (Å²) in [6, 6.07) is 4.97. The Labute approximate surface area is 102 Å². The van der Waals surface area contributed by atoms with E-state index in [-0.39, 0.29) is 5.82 Å². The number of nitrogens with zero attached hydrogens (tertiary/aromatic N) is 1. The van der Waals surface area contributed by atoms with Crippen LogP contribution in [0.3, 0.4) is 0 Å². The van der Waals surface area contributed by atoms with Gasteiger partial charge in [0.2, 0.25) is 0 Å². The van der Waals surface area contributed by atoms with Crippen LogP contribution in [0.15, 0.2) is 18.2 Å². The van der Waals surface area contributed by atoms with Crippen molar-refractivity contribution in [1.29, 1.82) is 0 Å². The van der Waals surface area contributed by atoms with Crippen molar-refractivity contribution in [1.82, 2.24) is 4.90 Å². The molecule has 0 aliphatic carbocycles. The summed E-state index contributed by atoms with van der Waals surface area (Å²) in [6.07, 6.45) is 0. The minimum Gasteiger partial charge on any atom is -0.399 e. The molecule has 1 unspecified atom stereocenters. The highest BCUT2D eigenvalue weighted by Gasteiger charge is 2.12. The molecule has 0 saturated heterocycles. The molecule has 0 radical (unpaired) electrons. The van der Waals surface area contributed by atoms with Crippen molar-refractivity contribution < 1.29 is 9.13 Å². The summed E-state index contributed by atoms with van der Waals surface area (Å²) < 4.78 is 18.3. The van der Waals surface area contributed by atoms with E-state index in [0.717, 1.165) is 12.1 Å². The molecule has 2 N–H and O–H groups in total. The molecule has 1 atom stereocenters. The van der Waals surface area contributed by atoms with Gasteiger partial charge < -0.3 is 10.5 Å². The summed E-state index contributed by atoms with van der Waals surface area (Å²) in [5.41, 5.74) is 6.99. The van der Waals surface area contributed by atoms with Crippen molar-refractivity contribution in [2.75, 3.05) is 26.0 Å². The number of likely N-dealkylation sites (N-methyl/N-ethyl adjacent to an activating group) is 1. The number of halogens is 1. The predicted molar refractivity (Wildman–Crippen MR) is 68.2 cm³/mol. The third-order valence-corrected chi connectivity index (χ3v) is 2.80. The van der Waals surface area contributed by atoms with E-state index in [2.05, 4.69) is 18.7 Å². The first-order chi connectivity index (χ1) is 8.06. The number of benzene rings is 1. The van der Waals surface area contributed by atoms with Crippen LogP contribution in [0.25, 0.3) is 0 Å². The highest BCUT2D eigenvalue weighted by atomic mass is 19.1. The van der Waals surface area contributed by atoms with Gasteiger partial charge in [0.25, 0.3) is 0 Å². The van der Waals surface area contributed by atoms with Crippen LogP contribution in [0.5, 0.6) is 0 Å². The largest absolute Gasteiger partial charge is 0.399 e. The number of hydrogen-bond donors (Lipinski definition) is 1. The van der Waals surface area contributed by atoms with Gasteiger partial charge >= 0.3 is 0 Å². The van der Waals surface area contributed by atoms with Crippen LogP contribution in [0, 0.1) is 5.82 Å². The zero-order valence-corrected chi connectivity index (χ0v) is 10.7. The molecule has 0 bridgehead atoms. The fourth-order valence-electron chi connectivity index (χ4n) is 1.93. The van der Waals surface area contributed by atoms with Crippen LogP contribution in [0.4, 0.5) is 10.1 Å². The molecule has 1 aromatic carbocycles. The monoisotopic (exact) mass is 240 g/mol. The van der Waals surface area contributed by atoms with Gasteiger partial charge in [-0.05, 0) is 37.2 Å². The number of rotatable bonds is 6. The number of hydrogen-bond acceptors (Lipinski definition) is 3. The average molecular weight is 240 g/mol. The van der Waals surface area contributed by atoms with Gasteiger partial charge in [0.1, 0.15) is 5.82 Å². The lowest BCUT2D eigenvalue weighted by molar-refractivity contribution is 0.0981. The van der Waals surface area contributed by atoms with Crippen LogP contribution in [-0.2, 0) is 11.3 Å². The normalized spacial score (nSPS) is 13.0. The second-order valence-electron chi connectivity index (χ2n) is 4.26. The Bertz CT molecular complexity index is 337. The van der Waals surface area contributed by atoms with E-state index in [1.165, 1.54) is 12.1 Å². The molecule has 0 saturated carbocycles. The van der Waals surface area contributed by atoms with Gasteiger partial charge in [-0.1, -0.05) is 6.92 Å². The zero-order valence-electron chi connectivity index (χ0n) is 10.7. The van der Waals surface area contributed by atoms with Gasteiger partial charge in [0.05, 0.1) is 6.61 Å². The fourth-order valence-corrected chi connectivity index (χ4v) is 1.93. The lowest BCUT2D eigenvalue weighted by atomic mass is 10.1. The first-order valence-corrected chi connectivity index (χ1v) is 5.84. The third-order valence-electron chi connectivity index (χ3n) is 2.80. The molecule has 3 nitrogen and oxygen atoms in total. The topological polar surface area (TPSA) is 38.5 Å². The van der Waals surface area contributed by atoms with Crippen molar-refractivity contribution in [3.8, 4) is 0 Å². The van der Waals surface area contributed by atoms with Crippen molar-refractivity contribution >= 4 is 5.69 Å². The number of nitrogen functional groups attached to an aromatic ring is 1. The summed E-state index contributed by atoms with van der Waals surface area (Å²) in [6.45, 7) is 6.41. The summed E-state index contributed by atoms with van der Waals surface area (Å²) >= 11 is 0. The average Bonchev–Trinajstić information content (AvgIpc) is 2.24. The maximum absolute atomic E-state index is 13.2. The molecule has 0 spiro atoms. The Morgan fingerprint density at radius 3 is 2.65 bits per heavy atom. The molecule has 0 fully saturated rings. The summed E-state index contributed by atoms with van der Waals surface area (Å²) in [7, 11) is 1.69. The van der Waals surface area contributed by atoms with E-state index in [9.17, 15) is 4.39 Å². The van der Waals surface area contributed by atoms with Gasteiger partial charge in [-0.15, -0.1) is 0 Å². The predicted octanol–water partition coefficient (Wildman–Crippen LogP) is 2.26. The second-order valence-corrected chi connectivity index (χ2v) is 4.26. The van der Waals surface area contributed by atoms with Crippen molar-refractivity contribution in [3.05, 3.63) is 29.6 Å². The van der Waals surface area contributed by atoms with Gasteiger partial charge in [-0.2, -0.15) is 0 Å². The van der Waals surface area contributed by atoms with Gasteiger partial charge in [-0.25, -0.2) is 4.39 Å². The molecule has 0 amide bonds. The van der Waals surface area contributed by atoms with E-state index in [1.54, 1.807) is 7.11 Å². The van der Waals surface area contributed by atoms with Gasteiger partial charge in [0, 0.05) is 25.4 Å². The van der Waals surface area contributed by atoms with Crippen LogP contribution in [-0.4, -0.2) is 31.2 Å². The van der Waals surface area contributed by atoms with Crippen LogP contribution >= 0.6 is 0 Å². The van der Waals surface area contributed by atoms with Crippen molar-refractivity contribution in [3.63, 3.8) is 0 Å². The molecule has 17 heavy (non-hydrogen) atoms. The van der Waals surface area contributed by atoms with Crippen molar-refractivity contribution in [2.24, 2.45) is 0 Å². The van der Waals surface area contributed by atoms with Gasteiger partial charge in [-0.3, -0.25) is 4.90 Å². The van der Waals surface area contributed by atoms with E-state index in [4.69, 9.17) is 10.5 Å². The molecule has 0 aliphatic heterocycles. The number of anilines is 1. The summed E-state index contributed by atoms with van der Waals surface area (Å²) in [4.78, 5) is 2.22. The minimum absolute atomic E-state index is 0.282. The SMILES string of the molecule is CCN(Cc1cc(N)cc(F)c1)C(C)COC. The van der Waals surface area contributed by atoms with E-state index < -0.39 is 0 Å². The Balaban J connectivity index is 2.73. The molecule has 0 heterocycles. The molecule has 1 rings (SSSR count). The highest BCUT2D eigenvalue weighted by Crippen LogP contribution is 2.14. The molecule has 0 aromatic heterocycles. The number of methoxy groups -OCH3 is 1. The first-order valence-electron chi connectivity index (χ1n) is 5.84. The Kier molecular flexibility index (Phi) is 5.38. The Hall–Kier alpha value is -1.13. The highest BCUT2D eigenvalue weighted by molar-refractivity contribution is 5.41. The maximum atomic E-state index is 13.2. The summed E-state index contributed by atoms with van der Waals surface area (Å²) in [5, 5.41) is 0. The lowest BCUT2D eigenvalue weighted by Crippen LogP contribution is -2.35. The zero-order chi connectivity index (χ0) is 12.8. The van der Waals surface area contributed by atoms with E-state index in [0.29, 0.717) is 24.9 Å². The Morgan fingerprint density at radius 1 is 1.41 bits per heavy atom. The smallest absolute Gasteiger partial charge is 0.125 e. The molecule has 0 aliphatic rings. The molecular formula is C13H21FN2O. The Morgan fingerprint density at radius 2 is 2.12 bits per heavy atom. The number of ether oxygens (including phenoxy) is 1. The molecule has 4 heteroatoms. The van der Waals surface area contributed by atoms with E-state index >= 15 is 0 Å². The van der Waals surface area contributed by atoms with Crippen molar-refractivity contribution in [2.45, 2.75) is 26.4 Å². The summed E-state index contributed by atoms with van der Waals surface area (Å²) in [5.74, 6) is -0.282. The number of nitrogens with two attached hydrogens (primary N) is 1. The van der Waals surface area contributed by atoms with Crippen LogP contribution < -0.4 is 5.73 Å². The molecule has 96 valence electrons. The quantitative estimate of drug-likeness (QED) is 0.775. The standard InChI is InChI=1S/C13H21FN2O/c1-4-16(10(2)9-17-3)8-11-5-12(14)7-13(15)6-11/h5-7,10H,4,8-9,15H2,1-3H3. The first kappa shape index (κ1) is 13.9. The van der Waals surface area contributed by atoms with Crippen LogP contribution in [0.1, 0.15) is 19.4 Å².